The maximum absolute atomic E-state index is 11.8. The average Bonchev–Trinajstić information content (AvgIpc) is 2.49. The topological polar surface area (TPSA) is 114 Å². The molecule has 1 aliphatic rings. The van der Waals surface area contributed by atoms with Gasteiger partial charge in [0, 0.05) is 17.7 Å². The van der Waals surface area contributed by atoms with E-state index in [4.69, 9.17) is 14.7 Å². The molecule has 8 nitrogen and oxygen atoms in total. The summed E-state index contributed by atoms with van der Waals surface area (Å²) in [4.78, 5) is 22.1. The van der Waals surface area contributed by atoms with E-state index in [9.17, 15) is 14.9 Å². The standard InChI is InChI=1S/C17H21N3O5/c1-17(2,3)25-16(21)19-14-6-7-15(14)24-10-12-8-13(20(22)23)5-4-11(12)9-18/h4-5,8,14-15H,6-7,10H2,1-3H3,(H,19,21)/t14-,15-/m1/s1. The summed E-state index contributed by atoms with van der Waals surface area (Å²) in [7, 11) is 0. The summed E-state index contributed by atoms with van der Waals surface area (Å²) in [5, 5.41) is 22.7. The molecule has 134 valence electrons. The summed E-state index contributed by atoms with van der Waals surface area (Å²) in [5.74, 6) is 0. The number of rotatable bonds is 5. The van der Waals surface area contributed by atoms with Crippen LogP contribution >= 0.6 is 0 Å². The van der Waals surface area contributed by atoms with Gasteiger partial charge in [-0.15, -0.1) is 0 Å². The second-order valence-corrected chi connectivity index (χ2v) is 6.89. The minimum atomic E-state index is -0.575. The normalized spacial score (nSPS) is 19.4. The third-order valence-corrected chi connectivity index (χ3v) is 3.79. The van der Waals surface area contributed by atoms with Gasteiger partial charge in [-0.05, 0) is 39.7 Å². The fourth-order valence-electron chi connectivity index (χ4n) is 2.41. The lowest BCUT2D eigenvalue weighted by atomic mass is 9.89. The molecule has 2 atom stereocenters. The van der Waals surface area contributed by atoms with Crippen molar-refractivity contribution < 1.29 is 19.2 Å². The average molecular weight is 347 g/mol. The minimum Gasteiger partial charge on any atom is -0.444 e. The second-order valence-electron chi connectivity index (χ2n) is 6.89. The molecule has 0 radical (unpaired) electrons. The van der Waals surface area contributed by atoms with Gasteiger partial charge in [0.25, 0.3) is 5.69 Å². The Balaban J connectivity index is 1.93. The quantitative estimate of drug-likeness (QED) is 0.646. The van der Waals surface area contributed by atoms with Crippen molar-refractivity contribution >= 4 is 11.8 Å². The molecule has 25 heavy (non-hydrogen) atoms. The molecule has 0 aromatic heterocycles. The molecule has 1 aliphatic carbocycles. The number of carbonyl (C=O) groups excluding carboxylic acids is 1. The van der Waals surface area contributed by atoms with E-state index in [1.165, 1.54) is 18.2 Å². The van der Waals surface area contributed by atoms with Crippen molar-refractivity contribution in [3.63, 3.8) is 0 Å². The summed E-state index contributed by atoms with van der Waals surface area (Å²) in [6, 6.07) is 5.87. The number of benzene rings is 1. The van der Waals surface area contributed by atoms with Crippen LogP contribution in [0.5, 0.6) is 0 Å². The number of alkyl carbamates (subject to hydrolysis) is 1. The second kappa shape index (κ2) is 7.49. The van der Waals surface area contributed by atoms with E-state index in [0.717, 1.165) is 12.8 Å². The van der Waals surface area contributed by atoms with Crippen LogP contribution in [0.15, 0.2) is 18.2 Å². The highest BCUT2D eigenvalue weighted by molar-refractivity contribution is 5.68. The lowest BCUT2D eigenvalue weighted by Crippen LogP contribution is -2.52. The first-order valence-electron chi connectivity index (χ1n) is 7.98. The van der Waals surface area contributed by atoms with Crippen molar-refractivity contribution in [1.82, 2.24) is 5.32 Å². The zero-order valence-corrected chi connectivity index (χ0v) is 14.4. The summed E-state index contributed by atoms with van der Waals surface area (Å²) < 4.78 is 11.0. The van der Waals surface area contributed by atoms with Crippen LogP contribution < -0.4 is 5.32 Å². The number of nitro benzene ring substituents is 1. The maximum atomic E-state index is 11.8. The smallest absolute Gasteiger partial charge is 0.407 e. The first-order chi connectivity index (χ1) is 11.7. The Kier molecular flexibility index (Phi) is 5.59. The predicted octanol–water partition coefficient (Wildman–Crippen LogP) is 3.04. The molecule has 1 aromatic carbocycles. The van der Waals surface area contributed by atoms with E-state index < -0.39 is 16.6 Å². The van der Waals surface area contributed by atoms with Gasteiger partial charge >= 0.3 is 6.09 Å². The molecule has 0 saturated heterocycles. The highest BCUT2D eigenvalue weighted by atomic mass is 16.6. The Morgan fingerprint density at radius 1 is 1.44 bits per heavy atom. The minimum absolute atomic E-state index is 0.0712. The Labute approximate surface area is 145 Å². The van der Waals surface area contributed by atoms with E-state index in [1.54, 1.807) is 20.8 Å². The molecule has 8 heteroatoms. The van der Waals surface area contributed by atoms with Gasteiger partial charge in [-0.2, -0.15) is 5.26 Å². The predicted molar refractivity (Wildman–Crippen MR) is 88.8 cm³/mol. The van der Waals surface area contributed by atoms with Crippen LogP contribution in [0.25, 0.3) is 0 Å². The van der Waals surface area contributed by atoms with Crippen molar-refractivity contribution in [3.8, 4) is 6.07 Å². The van der Waals surface area contributed by atoms with Crippen LogP contribution in [0.3, 0.4) is 0 Å². The van der Waals surface area contributed by atoms with Gasteiger partial charge in [-0.1, -0.05) is 0 Å². The van der Waals surface area contributed by atoms with Crippen molar-refractivity contribution in [2.24, 2.45) is 0 Å². The van der Waals surface area contributed by atoms with Gasteiger partial charge < -0.3 is 14.8 Å². The zero-order chi connectivity index (χ0) is 18.6. The zero-order valence-electron chi connectivity index (χ0n) is 14.4. The molecular formula is C17H21N3O5. The molecule has 2 rings (SSSR count). The largest absolute Gasteiger partial charge is 0.444 e. The van der Waals surface area contributed by atoms with Gasteiger partial charge in [0.05, 0.1) is 35.3 Å². The van der Waals surface area contributed by atoms with Crippen LogP contribution in [-0.2, 0) is 16.1 Å². The summed E-state index contributed by atoms with van der Waals surface area (Å²) in [5.41, 5.74) is 0.130. The van der Waals surface area contributed by atoms with Crippen LogP contribution in [-0.4, -0.2) is 28.8 Å². The summed E-state index contributed by atoms with van der Waals surface area (Å²) >= 11 is 0. The number of nitro groups is 1. The molecule has 0 heterocycles. The molecule has 1 amide bonds. The molecule has 1 fully saturated rings. The number of non-ortho nitro benzene ring substituents is 1. The lowest BCUT2D eigenvalue weighted by molar-refractivity contribution is -0.385. The van der Waals surface area contributed by atoms with Crippen molar-refractivity contribution in [2.45, 2.75) is 58.0 Å². The Morgan fingerprint density at radius 3 is 2.68 bits per heavy atom. The molecule has 1 aromatic rings. The third-order valence-electron chi connectivity index (χ3n) is 3.79. The first kappa shape index (κ1) is 18.7. The van der Waals surface area contributed by atoms with E-state index in [1.807, 2.05) is 6.07 Å². The third kappa shape index (κ3) is 5.16. The Bertz CT molecular complexity index is 705. The maximum Gasteiger partial charge on any atom is 0.407 e. The van der Waals surface area contributed by atoms with Gasteiger partial charge in [0.1, 0.15) is 5.60 Å². The molecule has 1 saturated carbocycles. The van der Waals surface area contributed by atoms with Crippen LogP contribution in [0, 0.1) is 21.4 Å². The summed E-state index contributed by atoms with van der Waals surface area (Å²) in [6.45, 7) is 5.43. The SMILES string of the molecule is CC(C)(C)OC(=O)N[C@@H]1CC[C@H]1OCc1cc([N+](=O)[O-])ccc1C#N. The van der Waals surface area contributed by atoms with E-state index >= 15 is 0 Å². The van der Waals surface area contributed by atoms with Gasteiger partial charge in [-0.25, -0.2) is 4.79 Å². The Hall–Kier alpha value is -2.66. The number of nitrogens with one attached hydrogen (secondary N) is 1. The van der Waals surface area contributed by atoms with Crippen LogP contribution in [0.1, 0.15) is 44.7 Å². The molecule has 0 aliphatic heterocycles. The molecule has 0 bridgehead atoms. The van der Waals surface area contributed by atoms with E-state index in [-0.39, 0.29) is 24.4 Å². The van der Waals surface area contributed by atoms with Crippen molar-refractivity contribution in [3.05, 3.63) is 39.4 Å². The van der Waals surface area contributed by atoms with E-state index in [2.05, 4.69) is 5.32 Å². The number of nitriles is 1. The van der Waals surface area contributed by atoms with Crippen molar-refractivity contribution in [2.75, 3.05) is 0 Å². The molecule has 0 spiro atoms. The van der Waals surface area contributed by atoms with Gasteiger partial charge in [0.15, 0.2) is 0 Å². The molecular weight excluding hydrogens is 326 g/mol. The fourth-order valence-corrected chi connectivity index (χ4v) is 2.41. The molecule has 0 unspecified atom stereocenters. The van der Waals surface area contributed by atoms with Gasteiger partial charge in [-0.3, -0.25) is 10.1 Å². The highest BCUT2D eigenvalue weighted by Crippen LogP contribution is 2.26. The number of amides is 1. The number of ether oxygens (including phenoxy) is 2. The first-order valence-corrected chi connectivity index (χ1v) is 7.98. The molecule has 1 N–H and O–H groups in total. The van der Waals surface area contributed by atoms with Crippen LogP contribution in [0.4, 0.5) is 10.5 Å². The number of hydrogen-bond acceptors (Lipinski definition) is 6. The fraction of sp³-hybridized carbons (Fsp3) is 0.529. The summed E-state index contributed by atoms with van der Waals surface area (Å²) in [6.07, 6.45) is 0.818. The highest BCUT2D eigenvalue weighted by Gasteiger charge is 2.34. The number of nitrogens with zero attached hydrogens (tertiary/aromatic N) is 2. The van der Waals surface area contributed by atoms with Crippen molar-refractivity contribution in [1.29, 1.82) is 5.26 Å². The monoisotopic (exact) mass is 347 g/mol. The number of carbonyl (C=O) groups is 1. The number of hydrogen-bond donors (Lipinski definition) is 1. The Morgan fingerprint density at radius 2 is 2.16 bits per heavy atom. The van der Waals surface area contributed by atoms with Gasteiger partial charge in [0.2, 0.25) is 0 Å². The lowest BCUT2D eigenvalue weighted by Gasteiger charge is -2.37. The van der Waals surface area contributed by atoms with E-state index in [0.29, 0.717) is 11.1 Å². The van der Waals surface area contributed by atoms with Crippen LogP contribution in [0.2, 0.25) is 0 Å².